The SMILES string of the molecule is CCC1=C(C(=O)OC)[C@@H](c2ccccc2)n2c(s/c(=C\c3cc(Br)c(OCc4ccc(Cl)cc4)c(Br)c3)c2=O)=N1. The van der Waals surface area contributed by atoms with Crippen molar-refractivity contribution in [3.05, 3.63) is 128 Å². The van der Waals surface area contributed by atoms with E-state index in [1.807, 2.05) is 79.7 Å². The van der Waals surface area contributed by atoms with Crippen LogP contribution in [0.4, 0.5) is 0 Å². The molecule has 0 fully saturated rings. The van der Waals surface area contributed by atoms with E-state index in [0.717, 1.165) is 25.6 Å². The Hall–Kier alpha value is -2.98. The summed E-state index contributed by atoms with van der Waals surface area (Å²) in [7, 11) is 1.34. The lowest BCUT2D eigenvalue weighted by atomic mass is 9.95. The number of halogens is 3. The zero-order chi connectivity index (χ0) is 28.4. The van der Waals surface area contributed by atoms with Crippen molar-refractivity contribution in [1.82, 2.24) is 4.57 Å². The predicted molar refractivity (Wildman–Crippen MR) is 164 cm³/mol. The summed E-state index contributed by atoms with van der Waals surface area (Å²) in [4.78, 5) is 32.0. The number of fused-ring (bicyclic) bond motifs is 1. The standard InChI is InChI=1S/C30H23Br2ClN2O4S/c1-3-23-25(29(37)38-2)26(19-7-5-4-6-8-19)35-28(36)24(40-30(35)34-23)15-18-13-21(31)27(22(32)14-18)39-16-17-9-11-20(33)12-10-17/h4-15,26H,3,16H2,1-2H3/b24-15-/t26-/m1/s1. The summed E-state index contributed by atoms with van der Waals surface area (Å²) >= 11 is 14.5. The molecule has 0 bridgehead atoms. The minimum absolute atomic E-state index is 0.232. The molecular formula is C30H23Br2ClN2O4S. The molecule has 1 aliphatic rings. The highest BCUT2D eigenvalue weighted by Gasteiger charge is 2.33. The second kappa shape index (κ2) is 12.3. The molecule has 1 aliphatic heterocycles. The van der Waals surface area contributed by atoms with Gasteiger partial charge in [0.2, 0.25) is 0 Å². The van der Waals surface area contributed by atoms with Crippen molar-refractivity contribution in [3.63, 3.8) is 0 Å². The molecule has 0 N–H and O–H groups in total. The molecule has 0 saturated heterocycles. The lowest BCUT2D eigenvalue weighted by Gasteiger charge is -2.25. The van der Waals surface area contributed by atoms with Crippen LogP contribution in [0.25, 0.3) is 6.08 Å². The molecule has 0 spiro atoms. The highest BCUT2D eigenvalue weighted by atomic mass is 79.9. The smallest absolute Gasteiger partial charge is 0.338 e. The Bertz CT molecular complexity index is 1780. The summed E-state index contributed by atoms with van der Waals surface area (Å²) < 4.78 is 14.7. The van der Waals surface area contributed by atoms with Crippen LogP contribution in [0.1, 0.15) is 36.1 Å². The lowest BCUT2D eigenvalue weighted by molar-refractivity contribution is -0.136. The largest absolute Gasteiger partial charge is 0.487 e. The molecule has 6 nitrogen and oxygen atoms in total. The van der Waals surface area contributed by atoms with Gasteiger partial charge in [0.05, 0.1) is 37.9 Å². The molecule has 0 amide bonds. The third-order valence-corrected chi connectivity index (χ3v) is 8.79. The van der Waals surface area contributed by atoms with Gasteiger partial charge in [0.15, 0.2) is 4.80 Å². The van der Waals surface area contributed by atoms with E-state index in [9.17, 15) is 9.59 Å². The average molecular weight is 703 g/mol. The van der Waals surface area contributed by atoms with Crippen molar-refractivity contribution < 1.29 is 14.3 Å². The molecule has 0 radical (unpaired) electrons. The molecule has 4 aromatic rings. The normalized spacial score (nSPS) is 15.0. The number of esters is 1. The average Bonchev–Trinajstić information content (AvgIpc) is 3.26. The summed E-state index contributed by atoms with van der Waals surface area (Å²) in [6, 6.07) is 20.1. The van der Waals surface area contributed by atoms with Crippen LogP contribution in [0.2, 0.25) is 5.02 Å². The Morgan fingerprint density at radius 3 is 2.40 bits per heavy atom. The first-order valence-corrected chi connectivity index (χ1v) is 15.1. The first kappa shape index (κ1) is 28.5. The lowest BCUT2D eigenvalue weighted by Crippen LogP contribution is -2.40. The summed E-state index contributed by atoms with van der Waals surface area (Å²) in [5.41, 5.74) is 3.35. The first-order chi connectivity index (χ1) is 19.3. The van der Waals surface area contributed by atoms with Crippen molar-refractivity contribution in [1.29, 1.82) is 0 Å². The number of aromatic nitrogens is 1. The van der Waals surface area contributed by atoms with Gasteiger partial charge in [0.1, 0.15) is 12.4 Å². The van der Waals surface area contributed by atoms with Crippen LogP contribution in [0, 0.1) is 0 Å². The Morgan fingerprint density at radius 1 is 1.10 bits per heavy atom. The summed E-state index contributed by atoms with van der Waals surface area (Å²) in [6.07, 6.45) is 2.34. The number of carbonyl (C=O) groups is 1. The maximum Gasteiger partial charge on any atom is 0.338 e. The molecule has 0 aliphatic carbocycles. The minimum Gasteiger partial charge on any atom is -0.487 e. The van der Waals surface area contributed by atoms with E-state index < -0.39 is 12.0 Å². The van der Waals surface area contributed by atoms with E-state index in [-0.39, 0.29) is 5.56 Å². The van der Waals surface area contributed by atoms with Gasteiger partial charge in [0.25, 0.3) is 5.56 Å². The van der Waals surface area contributed by atoms with Gasteiger partial charge in [-0.2, -0.15) is 0 Å². The molecule has 5 rings (SSSR count). The molecule has 0 saturated carbocycles. The van der Waals surface area contributed by atoms with Gasteiger partial charge in [-0.3, -0.25) is 9.36 Å². The summed E-state index contributed by atoms with van der Waals surface area (Å²) in [6.45, 7) is 2.30. The van der Waals surface area contributed by atoms with Crippen LogP contribution in [-0.2, 0) is 16.1 Å². The van der Waals surface area contributed by atoms with Crippen LogP contribution in [0.5, 0.6) is 5.75 Å². The van der Waals surface area contributed by atoms with Gasteiger partial charge >= 0.3 is 5.97 Å². The van der Waals surface area contributed by atoms with Crippen LogP contribution >= 0.6 is 54.8 Å². The molecule has 10 heteroatoms. The zero-order valence-corrected chi connectivity index (χ0v) is 26.2. The van der Waals surface area contributed by atoms with Gasteiger partial charge in [-0.25, -0.2) is 9.79 Å². The number of benzene rings is 3. The van der Waals surface area contributed by atoms with Gasteiger partial charge in [-0.15, -0.1) is 0 Å². The highest BCUT2D eigenvalue weighted by molar-refractivity contribution is 9.11. The third-order valence-electron chi connectivity index (χ3n) is 6.38. The fourth-order valence-electron chi connectivity index (χ4n) is 4.50. The Kier molecular flexibility index (Phi) is 8.75. The van der Waals surface area contributed by atoms with Crippen molar-refractivity contribution in [2.24, 2.45) is 4.99 Å². The van der Waals surface area contributed by atoms with Crippen LogP contribution in [0.3, 0.4) is 0 Å². The number of ether oxygens (including phenoxy) is 2. The van der Waals surface area contributed by atoms with E-state index in [1.54, 1.807) is 4.57 Å². The number of rotatable bonds is 7. The molecular weight excluding hydrogens is 680 g/mol. The molecule has 1 aromatic heterocycles. The number of allylic oxidation sites excluding steroid dienone is 1. The van der Waals surface area contributed by atoms with E-state index in [1.165, 1.54) is 18.4 Å². The van der Waals surface area contributed by atoms with E-state index >= 15 is 0 Å². The zero-order valence-electron chi connectivity index (χ0n) is 21.5. The maximum atomic E-state index is 13.8. The fraction of sp³-hybridized carbons (Fsp3) is 0.167. The number of methoxy groups -OCH3 is 1. The quantitative estimate of drug-likeness (QED) is 0.205. The minimum atomic E-state index is -0.635. The Balaban J connectivity index is 1.56. The van der Waals surface area contributed by atoms with Crippen molar-refractivity contribution in [3.8, 4) is 5.75 Å². The molecule has 204 valence electrons. The Labute approximate surface area is 256 Å². The number of hydrogen-bond acceptors (Lipinski definition) is 6. The summed E-state index contributed by atoms with van der Waals surface area (Å²) in [5.74, 6) is 0.152. The van der Waals surface area contributed by atoms with E-state index in [2.05, 4.69) is 31.9 Å². The van der Waals surface area contributed by atoms with Crippen molar-refractivity contribution in [2.45, 2.75) is 26.0 Å². The van der Waals surface area contributed by atoms with Crippen molar-refractivity contribution in [2.75, 3.05) is 7.11 Å². The molecule has 40 heavy (non-hydrogen) atoms. The molecule has 1 atom stereocenters. The summed E-state index contributed by atoms with van der Waals surface area (Å²) in [5, 5.41) is 0.670. The topological polar surface area (TPSA) is 69.9 Å². The second-order valence-corrected chi connectivity index (χ2v) is 12.1. The van der Waals surface area contributed by atoms with Gasteiger partial charge in [0, 0.05) is 5.02 Å². The third kappa shape index (κ3) is 5.74. The first-order valence-electron chi connectivity index (χ1n) is 12.3. The van der Waals surface area contributed by atoms with E-state index in [0.29, 0.717) is 44.4 Å². The maximum absolute atomic E-state index is 13.8. The second-order valence-electron chi connectivity index (χ2n) is 8.93. The van der Waals surface area contributed by atoms with Gasteiger partial charge in [-0.1, -0.05) is 72.3 Å². The number of carbonyl (C=O) groups excluding carboxylic acids is 1. The Morgan fingerprint density at radius 2 is 1.77 bits per heavy atom. The highest BCUT2D eigenvalue weighted by Crippen LogP contribution is 2.36. The van der Waals surface area contributed by atoms with Gasteiger partial charge in [-0.05, 0) is 85.3 Å². The van der Waals surface area contributed by atoms with Crippen LogP contribution in [0.15, 0.2) is 96.7 Å². The molecule has 3 aromatic carbocycles. The number of thiazole rings is 1. The van der Waals surface area contributed by atoms with Gasteiger partial charge < -0.3 is 9.47 Å². The number of nitrogens with zero attached hydrogens (tertiary/aromatic N) is 2. The van der Waals surface area contributed by atoms with E-state index in [4.69, 9.17) is 26.1 Å². The molecule has 0 unspecified atom stereocenters. The predicted octanol–water partition coefficient (Wildman–Crippen LogP) is 6.56. The van der Waals surface area contributed by atoms with Crippen LogP contribution < -0.4 is 19.6 Å². The monoisotopic (exact) mass is 700 g/mol. The number of hydrogen-bond donors (Lipinski definition) is 0. The fourth-order valence-corrected chi connectivity index (χ4v) is 7.10. The molecule has 2 heterocycles. The van der Waals surface area contributed by atoms with Crippen LogP contribution in [-0.4, -0.2) is 17.6 Å². The van der Waals surface area contributed by atoms with Crippen molar-refractivity contribution >= 4 is 66.8 Å².